The molecule has 0 atom stereocenters. The van der Waals surface area contributed by atoms with Crippen LogP contribution in [0.25, 0.3) is 122 Å². The molecule has 2 aliphatic heterocycles. The molecule has 1 aromatic heterocycles. The standard InChI is InChI=1S/C86H55BN4/c1-7-23-56(24-8-1)66-43-67(57-25-9-2-10-26-57)46-75(45-66)90-81-51-72-41-64-37-21-19-35-62(64)39-70(72)49-77(81)87-78-50-71-40-63-36-20-22-38-65(63)42-73(71)52-82(78)91(76-47-68(58-27-11-3-12-28-58)44-69(48-76)59-29-13-4-14-30-59)84-54-74(53-83(90)85(84)87)80-55-79(60-31-15-5-16-32-60)88-86(89-80)61-33-17-6-18-34-61/h1-55H. The van der Waals surface area contributed by atoms with Gasteiger partial charge in [0.2, 0.25) is 0 Å². The van der Waals surface area contributed by atoms with E-state index in [1.165, 1.54) is 59.5 Å². The maximum Gasteiger partial charge on any atom is 0.252 e. The molecule has 0 radical (unpaired) electrons. The van der Waals surface area contributed by atoms with Crippen LogP contribution in [0, 0.1) is 0 Å². The summed E-state index contributed by atoms with van der Waals surface area (Å²) >= 11 is 0. The van der Waals surface area contributed by atoms with E-state index in [2.05, 4.69) is 343 Å². The molecule has 3 heterocycles. The predicted octanol–water partition coefficient (Wildman–Crippen LogP) is 20.8. The van der Waals surface area contributed by atoms with Gasteiger partial charge in [-0.1, -0.05) is 243 Å². The fourth-order valence-electron chi connectivity index (χ4n) is 14.3. The number of hydrogen-bond donors (Lipinski definition) is 0. The molecular weight excluding hydrogens is 1100 g/mol. The lowest BCUT2D eigenvalue weighted by atomic mass is 9.33. The highest BCUT2D eigenvalue weighted by Crippen LogP contribution is 2.50. The van der Waals surface area contributed by atoms with Gasteiger partial charge < -0.3 is 9.80 Å². The second-order valence-corrected chi connectivity index (χ2v) is 24.1. The molecule has 0 saturated carbocycles. The van der Waals surface area contributed by atoms with E-state index in [1.807, 2.05) is 0 Å². The van der Waals surface area contributed by atoms with Crippen LogP contribution in [0.2, 0.25) is 0 Å². The zero-order chi connectivity index (χ0) is 59.9. The monoisotopic (exact) mass is 1150 g/mol. The third-order valence-electron chi connectivity index (χ3n) is 18.6. The van der Waals surface area contributed by atoms with Gasteiger partial charge in [-0.2, -0.15) is 0 Å². The van der Waals surface area contributed by atoms with Gasteiger partial charge in [0.05, 0.1) is 11.4 Å². The Kier molecular flexibility index (Phi) is 12.3. The van der Waals surface area contributed by atoms with E-state index in [1.54, 1.807) is 0 Å². The van der Waals surface area contributed by atoms with Crippen LogP contribution in [0.3, 0.4) is 0 Å². The average Bonchev–Trinajstić information content (AvgIpc) is 0.721. The Balaban J connectivity index is 1.01. The minimum Gasteiger partial charge on any atom is -0.311 e. The van der Waals surface area contributed by atoms with Gasteiger partial charge in [-0.05, 0) is 195 Å². The Bertz CT molecular complexity index is 5080. The highest BCUT2D eigenvalue weighted by Gasteiger charge is 2.44. The summed E-state index contributed by atoms with van der Waals surface area (Å²) in [6.45, 7) is -0.217. The first kappa shape index (κ1) is 52.2. The van der Waals surface area contributed by atoms with Crippen molar-refractivity contribution in [2.75, 3.05) is 9.80 Å². The number of fused-ring (bicyclic) bond motifs is 8. The molecule has 2 aliphatic rings. The second kappa shape index (κ2) is 21.4. The minimum absolute atomic E-state index is 0.217. The van der Waals surface area contributed by atoms with Gasteiger partial charge in [-0.25, -0.2) is 9.97 Å². The van der Waals surface area contributed by atoms with E-state index in [4.69, 9.17) is 9.97 Å². The van der Waals surface area contributed by atoms with E-state index < -0.39 is 0 Å². The average molecular weight is 1160 g/mol. The first-order chi connectivity index (χ1) is 45.0. The lowest BCUT2D eigenvalue weighted by molar-refractivity contribution is 1.18. The van der Waals surface area contributed by atoms with Crippen molar-refractivity contribution in [1.82, 2.24) is 9.97 Å². The molecule has 18 rings (SSSR count). The third kappa shape index (κ3) is 9.16. The van der Waals surface area contributed by atoms with Crippen LogP contribution in [0.4, 0.5) is 34.1 Å². The normalized spacial score (nSPS) is 12.3. The number of nitrogens with zero attached hydrogens (tertiary/aromatic N) is 4. The number of rotatable bonds is 9. The van der Waals surface area contributed by atoms with E-state index in [0.29, 0.717) is 5.82 Å². The number of anilines is 6. The summed E-state index contributed by atoms with van der Waals surface area (Å²) in [4.78, 5) is 16.2. The fourth-order valence-corrected chi connectivity index (χ4v) is 14.3. The quantitative estimate of drug-likeness (QED) is 0.106. The van der Waals surface area contributed by atoms with Gasteiger partial charge in [-0.15, -0.1) is 0 Å². The molecule has 0 spiro atoms. The van der Waals surface area contributed by atoms with Gasteiger partial charge in [0, 0.05) is 50.8 Å². The third-order valence-corrected chi connectivity index (χ3v) is 18.6. The summed E-state index contributed by atoms with van der Waals surface area (Å²) in [5.41, 5.74) is 23.9. The molecule has 0 fully saturated rings. The SMILES string of the molecule is c1ccc(-c2cc(-c3ccccc3)cc(N3c4cc5cc6ccccc6cc5cc4B4c5cc6cc7ccccc7cc6cc5N(c5cc(-c6ccccc6)cc(-c6ccccc6)c5)c5cc(-c6cc(-c7ccccc7)nc(-c7ccccc7)n6)cc3c54)c2)cc1. The molecule has 0 N–H and O–H groups in total. The molecule has 0 bridgehead atoms. The zero-order valence-electron chi connectivity index (χ0n) is 49.6. The first-order valence-corrected chi connectivity index (χ1v) is 31.3. The maximum absolute atomic E-state index is 5.65. The Labute approximate surface area is 529 Å². The highest BCUT2D eigenvalue weighted by atomic mass is 15.2. The summed E-state index contributed by atoms with van der Waals surface area (Å²) in [7, 11) is 0. The molecular formula is C86H55BN4. The van der Waals surface area contributed by atoms with Crippen LogP contribution in [-0.4, -0.2) is 16.7 Å². The summed E-state index contributed by atoms with van der Waals surface area (Å²) < 4.78 is 0. The van der Waals surface area contributed by atoms with Crippen molar-refractivity contribution in [2.24, 2.45) is 0 Å². The Morgan fingerprint density at radius 3 is 0.879 bits per heavy atom. The van der Waals surface area contributed by atoms with Gasteiger partial charge in [0.15, 0.2) is 5.82 Å². The molecule has 0 saturated heterocycles. The van der Waals surface area contributed by atoms with E-state index in [9.17, 15) is 0 Å². The summed E-state index contributed by atoms with van der Waals surface area (Å²) in [6, 6.07) is 123. The molecule has 5 heteroatoms. The Morgan fingerprint density at radius 1 is 0.209 bits per heavy atom. The van der Waals surface area contributed by atoms with E-state index in [-0.39, 0.29) is 6.71 Å². The minimum atomic E-state index is -0.217. The topological polar surface area (TPSA) is 32.3 Å². The molecule has 0 amide bonds. The lowest BCUT2D eigenvalue weighted by Gasteiger charge is -2.45. The van der Waals surface area contributed by atoms with Crippen molar-refractivity contribution in [3.63, 3.8) is 0 Å². The van der Waals surface area contributed by atoms with Crippen molar-refractivity contribution in [1.29, 1.82) is 0 Å². The smallest absolute Gasteiger partial charge is 0.252 e. The van der Waals surface area contributed by atoms with Crippen molar-refractivity contribution >= 4 is 100 Å². The van der Waals surface area contributed by atoms with E-state index in [0.717, 1.165) is 107 Å². The first-order valence-electron chi connectivity index (χ1n) is 31.3. The summed E-state index contributed by atoms with van der Waals surface area (Å²) in [5, 5.41) is 9.59. The number of hydrogen-bond acceptors (Lipinski definition) is 4. The summed E-state index contributed by atoms with van der Waals surface area (Å²) in [5.74, 6) is 0.661. The lowest BCUT2D eigenvalue weighted by Crippen LogP contribution is -2.61. The molecule has 91 heavy (non-hydrogen) atoms. The van der Waals surface area contributed by atoms with Crippen LogP contribution in [-0.2, 0) is 0 Å². The number of aromatic nitrogens is 2. The van der Waals surface area contributed by atoms with Crippen LogP contribution >= 0.6 is 0 Å². The predicted molar refractivity (Wildman–Crippen MR) is 384 cm³/mol. The van der Waals surface area contributed by atoms with Crippen molar-refractivity contribution in [3.8, 4) is 78.4 Å². The Morgan fingerprint density at radius 2 is 0.516 bits per heavy atom. The molecule has 15 aromatic carbocycles. The van der Waals surface area contributed by atoms with E-state index >= 15 is 0 Å². The van der Waals surface area contributed by atoms with Crippen LogP contribution in [0.15, 0.2) is 334 Å². The Hall–Kier alpha value is -11.9. The van der Waals surface area contributed by atoms with Gasteiger partial charge in [-0.3, -0.25) is 0 Å². The van der Waals surface area contributed by atoms with Gasteiger partial charge in [0.1, 0.15) is 0 Å². The van der Waals surface area contributed by atoms with Crippen molar-refractivity contribution < 1.29 is 0 Å². The summed E-state index contributed by atoms with van der Waals surface area (Å²) in [6.07, 6.45) is 0. The highest BCUT2D eigenvalue weighted by molar-refractivity contribution is 7.00. The van der Waals surface area contributed by atoms with Crippen LogP contribution in [0.1, 0.15) is 0 Å². The van der Waals surface area contributed by atoms with Crippen molar-refractivity contribution in [2.45, 2.75) is 0 Å². The molecule has 4 nitrogen and oxygen atoms in total. The second-order valence-electron chi connectivity index (χ2n) is 24.1. The van der Waals surface area contributed by atoms with Crippen molar-refractivity contribution in [3.05, 3.63) is 334 Å². The van der Waals surface area contributed by atoms with Gasteiger partial charge >= 0.3 is 0 Å². The van der Waals surface area contributed by atoms with Gasteiger partial charge in [0.25, 0.3) is 6.71 Å². The van der Waals surface area contributed by atoms with Crippen LogP contribution in [0.5, 0.6) is 0 Å². The maximum atomic E-state index is 5.65. The largest absolute Gasteiger partial charge is 0.311 e. The molecule has 16 aromatic rings. The molecule has 0 aliphatic carbocycles. The number of benzene rings is 15. The molecule has 0 unspecified atom stereocenters. The van der Waals surface area contributed by atoms with Crippen LogP contribution < -0.4 is 26.2 Å². The fraction of sp³-hybridized carbons (Fsp3) is 0. The zero-order valence-corrected chi connectivity index (χ0v) is 49.6. The molecule has 422 valence electrons.